The lowest BCUT2D eigenvalue weighted by Gasteiger charge is -2.25. The molecule has 0 spiro atoms. The van der Waals surface area contributed by atoms with E-state index in [0.29, 0.717) is 29.2 Å². The molecule has 0 fully saturated rings. The van der Waals surface area contributed by atoms with Gasteiger partial charge in [-0.05, 0) is 81.1 Å². The number of aromatic nitrogens is 1. The molecule has 160 valence electrons. The van der Waals surface area contributed by atoms with Crippen LogP contribution in [0.25, 0.3) is 0 Å². The van der Waals surface area contributed by atoms with Gasteiger partial charge in [0.2, 0.25) is 0 Å². The highest BCUT2D eigenvalue weighted by molar-refractivity contribution is 6.30. The van der Waals surface area contributed by atoms with Crippen LogP contribution in [0.2, 0.25) is 5.02 Å². The van der Waals surface area contributed by atoms with Crippen LogP contribution in [0.1, 0.15) is 71.0 Å². The number of benzene rings is 2. The SMILES string of the molecule is CCOC(=O)c1ccn(C(C)C)c1C(Cc1cc(Cl)ccc1C)c1ccc(C#N)cc1. The average molecular weight is 435 g/mol. The molecule has 0 amide bonds. The molecule has 1 heterocycles. The zero-order valence-electron chi connectivity index (χ0n) is 18.4. The molecule has 0 saturated heterocycles. The van der Waals surface area contributed by atoms with Crippen LogP contribution in [0, 0.1) is 18.3 Å². The Bertz CT molecular complexity index is 1110. The summed E-state index contributed by atoms with van der Waals surface area (Å²) in [4.78, 5) is 12.8. The second-order valence-corrected chi connectivity index (χ2v) is 8.33. The first kappa shape index (κ1) is 22.7. The Hall–Kier alpha value is -3.03. The molecule has 1 unspecified atom stereocenters. The molecule has 0 bridgehead atoms. The van der Waals surface area contributed by atoms with Crippen LogP contribution in [-0.2, 0) is 11.2 Å². The van der Waals surface area contributed by atoms with Crippen molar-refractivity contribution in [3.05, 3.63) is 93.3 Å². The molecule has 1 atom stereocenters. The molecule has 0 aliphatic carbocycles. The standard InChI is InChI=1S/C26H27ClN2O2/c1-5-31-26(30)23-12-13-29(17(2)3)25(23)24(20-9-7-19(16-28)8-10-20)15-21-14-22(27)11-6-18(21)4/h6-14,17,24H,5,15H2,1-4H3. The van der Waals surface area contributed by atoms with Gasteiger partial charge in [0, 0.05) is 28.9 Å². The Labute approximate surface area is 189 Å². The molecular formula is C26H27ClN2O2. The maximum Gasteiger partial charge on any atom is 0.339 e. The normalized spacial score (nSPS) is 11.9. The summed E-state index contributed by atoms with van der Waals surface area (Å²) in [5.41, 5.74) is 5.38. The van der Waals surface area contributed by atoms with E-state index >= 15 is 0 Å². The van der Waals surface area contributed by atoms with Gasteiger partial charge in [-0.15, -0.1) is 0 Å². The quantitative estimate of drug-likeness (QED) is 0.401. The van der Waals surface area contributed by atoms with Crippen molar-refractivity contribution in [2.75, 3.05) is 6.61 Å². The van der Waals surface area contributed by atoms with Crippen molar-refractivity contribution >= 4 is 17.6 Å². The lowest BCUT2D eigenvalue weighted by atomic mass is 9.85. The van der Waals surface area contributed by atoms with Crippen molar-refractivity contribution in [2.45, 2.75) is 46.1 Å². The van der Waals surface area contributed by atoms with Gasteiger partial charge >= 0.3 is 5.97 Å². The molecule has 1 aromatic heterocycles. The van der Waals surface area contributed by atoms with Gasteiger partial charge in [-0.25, -0.2) is 4.79 Å². The maximum absolute atomic E-state index is 12.8. The van der Waals surface area contributed by atoms with Crippen molar-refractivity contribution < 1.29 is 9.53 Å². The van der Waals surface area contributed by atoms with Crippen molar-refractivity contribution in [3.63, 3.8) is 0 Å². The monoisotopic (exact) mass is 434 g/mol. The minimum Gasteiger partial charge on any atom is -0.462 e. The topological polar surface area (TPSA) is 55.0 Å². The first-order chi connectivity index (χ1) is 14.8. The van der Waals surface area contributed by atoms with E-state index in [0.717, 1.165) is 22.4 Å². The van der Waals surface area contributed by atoms with E-state index in [4.69, 9.17) is 16.3 Å². The molecule has 0 aliphatic heterocycles. The zero-order valence-corrected chi connectivity index (χ0v) is 19.1. The molecule has 31 heavy (non-hydrogen) atoms. The highest BCUT2D eigenvalue weighted by atomic mass is 35.5. The van der Waals surface area contributed by atoms with Crippen molar-refractivity contribution in [3.8, 4) is 6.07 Å². The largest absolute Gasteiger partial charge is 0.462 e. The molecule has 3 rings (SSSR count). The molecule has 3 aromatic rings. The van der Waals surface area contributed by atoms with Crippen molar-refractivity contribution in [1.29, 1.82) is 5.26 Å². The second kappa shape index (κ2) is 9.85. The number of nitriles is 1. The number of aryl methyl sites for hydroxylation is 1. The highest BCUT2D eigenvalue weighted by Crippen LogP contribution is 2.35. The van der Waals surface area contributed by atoms with Gasteiger partial charge in [0.25, 0.3) is 0 Å². The Kier molecular flexibility index (Phi) is 7.20. The number of esters is 1. The lowest BCUT2D eigenvalue weighted by molar-refractivity contribution is 0.0524. The molecule has 0 saturated carbocycles. The smallest absolute Gasteiger partial charge is 0.339 e. The number of rotatable bonds is 7. The Morgan fingerprint density at radius 1 is 1.16 bits per heavy atom. The minimum absolute atomic E-state index is 0.110. The van der Waals surface area contributed by atoms with Crippen LogP contribution < -0.4 is 0 Å². The second-order valence-electron chi connectivity index (χ2n) is 7.90. The third kappa shape index (κ3) is 5.00. The third-order valence-corrected chi connectivity index (χ3v) is 5.75. The van der Waals surface area contributed by atoms with Gasteiger partial charge in [0.05, 0.1) is 23.8 Å². The van der Waals surface area contributed by atoms with Crippen LogP contribution >= 0.6 is 11.6 Å². The third-order valence-electron chi connectivity index (χ3n) is 5.52. The fraction of sp³-hybridized carbons (Fsp3) is 0.308. The van der Waals surface area contributed by atoms with E-state index in [1.165, 1.54) is 0 Å². The summed E-state index contributed by atoms with van der Waals surface area (Å²) >= 11 is 6.30. The van der Waals surface area contributed by atoms with E-state index in [-0.39, 0.29) is 17.9 Å². The fourth-order valence-electron chi connectivity index (χ4n) is 3.90. The molecular weight excluding hydrogens is 408 g/mol. The number of carbonyl (C=O) groups is 1. The highest BCUT2D eigenvalue weighted by Gasteiger charge is 2.27. The number of hydrogen-bond donors (Lipinski definition) is 0. The van der Waals surface area contributed by atoms with Gasteiger partial charge in [-0.1, -0.05) is 29.8 Å². The van der Waals surface area contributed by atoms with E-state index in [1.807, 2.05) is 61.7 Å². The summed E-state index contributed by atoms with van der Waals surface area (Å²) in [5, 5.41) is 9.90. The number of nitrogens with zero attached hydrogens (tertiary/aromatic N) is 2. The van der Waals surface area contributed by atoms with Crippen molar-refractivity contribution in [2.24, 2.45) is 0 Å². The molecule has 2 aromatic carbocycles. The molecule has 4 nitrogen and oxygen atoms in total. The maximum atomic E-state index is 12.8. The first-order valence-electron chi connectivity index (χ1n) is 10.5. The predicted octanol–water partition coefficient (Wildman–Crippen LogP) is 6.45. The van der Waals surface area contributed by atoms with Gasteiger partial charge in [0.1, 0.15) is 0 Å². The number of ether oxygens (including phenoxy) is 1. The summed E-state index contributed by atoms with van der Waals surface area (Å²) in [6.07, 6.45) is 2.62. The van der Waals surface area contributed by atoms with E-state index in [9.17, 15) is 10.1 Å². The van der Waals surface area contributed by atoms with Gasteiger partial charge in [-0.3, -0.25) is 0 Å². The predicted molar refractivity (Wildman–Crippen MR) is 124 cm³/mol. The van der Waals surface area contributed by atoms with E-state index in [2.05, 4.69) is 31.4 Å². The van der Waals surface area contributed by atoms with Crippen LogP contribution in [0.15, 0.2) is 54.7 Å². The van der Waals surface area contributed by atoms with Crippen molar-refractivity contribution in [1.82, 2.24) is 4.57 Å². The molecule has 0 radical (unpaired) electrons. The minimum atomic E-state index is -0.321. The number of halogens is 1. The Morgan fingerprint density at radius 2 is 1.87 bits per heavy atom. The van der Waals surface area contributed by atoms with Crippen LogP contribution in [0.4, 0.5) is 0 Å². The van der Waals surface area contributed by atoms with Crippen LogP contribution in [0.5, 0.6) is 0 Å². The van der Waals surface area contributed by atoms with Gasteiger partial charge in [0.15, 0.2) is 0 Å². The first-order valence-corrected chi connectivity index (χ1v) is 10.9. The summed E-state index contributed by atoms with van der Waals surface area (Å²) in [7, 11) is 0. The van der Waals surface area contributed by atoms with Gasteiger partial charge < -0.3 is 9.30 Å². The number of hydrogen-bond acceptors (Lipinski definition) is 3. The summed E-state index contributed by atoms with van der Waals surface area (Å²) in [5.74, 6) is -0.430. The van der Waals surface area contributed by atoms with E-state index in [1.54, 1.807) is 0 Å². The average Bonchev–Trinajstić information content (AvgIpc) is 3.20. The van der Waals surface area contributed by atoms with Gasteiger partial charge in [-0.2, -0.15) is 5.26 Å². The molecule has 0 aliphatic rings. The van der Waals surface area contributed by atoms with Crippen LogP contribution in [-0.4, -0.2) is 17.1 Å². The van der Waals surface area contributed by atoms with Crippen LogP contribution in [0.3, 0.4) is 0 Å². The number of carbonyl (C=O) groups excluding carboxylic acids is 1. The Balaban J connectivity index is 2.20. The fourth-order valence-corrected chi connectivity index (χ4v) is 4.10. The van der Waals surface area contributed by atoms with E-state index < -0.39 is 0 Å². The molecule has 0 N–H and O–H groups in total. The summed E-state index contributed by atoms with van der Waals surface area (Å²) < 4.78 is 7.49. The molecule has 5 heteroatoms. The Morgan fingerprint density at radius 3 is 2.48 bits per heavy atom. The zero-order chi connectivity index (χ0) is 22.5. The summed E-state index contributed by atoms with van der Waals surface area (Å²) in [6.45, 7) is 8.39. The summed E-state index contributed by atoms with van der Waals surface area (Å²) in [6, 6.07) is 17.6. The lowest BCUT2D eigenvalue weighted by Crippen LogP contribution is -2.18.